The van der Waals surface area contributed by atoms with Crippen LogP contribution in [-0.2, 0) is 22.4 Å². The first-order valence-electron chi connectivity index (χ1n) is 10.2. The van der Waals surface area contributed by atoms with E-state index < -0.39 is 11.9 Å². The summed E-state index contributed by atoms with van der Waals surface area (Å²) >= 11 is 7.46. The largest absolute Gasteiger partial charge is 0.493 e. The van der Waals surface area contributed by atoms with Crippen molar-refractivity contribution in [3.8, 4) is 11.8 Å². The molecule has 0 unspecified atom stereocenters. The summed E-state index contributed by atoms with van der Waals surface area (Å²) in [5, 5.41) is 13.3. The zero-order chi connectivity index (χ0) is 22.4. The number of hydrogen-bond donors (Lipinski definition) is 1. The number of nitrogens with zero attached hydrogens (tertiary/aromatic N) is 1. The molecule has 8 heteroatoms. The van der Waals surface area contributed by atoms with E-state index in [4.69, 9.17) is 21.1 Å². The average molecular weight is 459 g/mol. The first-order valence-corrected chi connectivity index (χ1v) is 11.3. The zero-order valence-corrected chi connectivity index (χ0v) is 19.0. The summed E-state index contributed by atoms with van der Waals surface area (Å²) in [6.45, 7) is 4.26. The summed E-state index contributed by atoms with van der Waals surface area (Å²) in [6, 6.07) is 6.93. The van der Waals surface area contributed by atoms with Gasteiger partial charge in [-0.1, -0.05) is 11.6 Å². The third-order valence-corrected chi connectivity index (χ3v) is 6.26. The fourth-order valence-corrected chi connectivity index (χ4v) is 4.92. The summed E-state index contributed by atoms with van der Waals surface area (Å²) in [7, 11) is 0. The molecule has 3 rings (SSSR count). The number of nitriles is 1. The number of amides is 1. The third-order valence-electron chi connectivity index (χ3n) is 4.81. The molecule has 0 fully saturated rings. The maximum absolute atomic E-state index is 12.9. The van der Waals surface area contributed by atoms with Gasteiger partial charge < -0.3 is 14.8 Å². The first-order chi connectivity index (χ1) is 15.0. The Morgan fingerprint density at radius 1 is 1.26 bits per heavy atom. The Morgan fingerprint density at radius 2 is 2.03 bits per heavy atom. The molecule has 0 radical (unpaired) electrons. The lowest BCUT2D eigenvalue weighted by atomic mass is 9.95. The van der Waals surface area contributed by atoms with E-state index in [1.807, 2.05) is 13.0 Å². The molecule has 1 aliphatic carbocycles. The van der Waals surface area contributed by atoms with Crippen molar-refractivity contribution in [2.45, 2.75) is 39.5 Å². The number of anilines is 1. The van der Waals surface area contributed by atoms with Gasteiger partial charge in [-0.2, -0.15) is 5.26 Å². The van der Waals surface area contributed by atoms with Crippen molar-refractivity contribution in [3.05, 3.63) is 50.4 Å². The standard InChI is InChI=1S/C23H23ClN2O4S/c1-3-29-18-10-9-16(24)12-14(18)11-15(13-25)21(27)26-22-20(23(28)30-4-2)17-7-5-6-8-19(17)31-22/h9-12H,3-8H2,1-2H3,(H,26,27). The molecule has 1 aromatic carbocycles. The molecule has 6 nitrogen and oxygen atoms in total. The second kappa shape index (κ2) is 10.5. The number of carbonyl (C=O) groups excluding carboxylic acids is 2. The van der Waals surface area contributed by atoms with Gasteiger partial charge in [-0.05, 0) is 69.4 Å². The highest BCUT2D eigenvalue weighted by molar-refractivity contribution is 7.17. The third kappa shape index (κ3) is 5.27. The van der Waals surface area contributed by atoms with Crippen LogP contribution in [0.4, 0.5) is 5.00 Å². The van der Waals surface area contributed by atoms with Gasteiger partial charge in [-0.15, -0.1) is 11.3 Å². The van der Waals surface area contributed by atoms with Gasteiger partial charge in [0, 0.05) is 15.5 Å². The number of halogens is 1. The average Bonchev–Trinajstić information content (AvgIpc) is 3.11. The van der Waals surface area contributed by atoms with Gasteiger partial charge in [0.1, 0.15) is 22.4 Å². The molecule has 1 aliphatic rings. The lowest BCUT2D eigenvalue weighted by Gasteiger charge is -2.12. The van der Waals surface area contributed by atoms with E-state index in [1.54, 1.807) is 25.1 Å². The predicted molar refractivity (Wildman–Crippen MR) is 122 cm³/mol. The molecule has 2 aromatic rings. The molecule has 0 bridgehead atoms. The molecule has 31 heavy (non-hydrogen) atoms. The quantitative estimate of drug-likeness (QED) is 0.341. The van der Waals surface area contributed by atoms with Crippen LogP contribution in [0.3, 0.4) is 0 Å². The Labute approximate surface area is 190 Å². The van der Waals surface area contributed by atoms with E-state index in [0.717, 1.165) is 36.1 Å². The number of rotatable bonds is 7. The Bertz CT molecular complexity index is 1070. The van der Waals surface area contributed by atoms with E-state index >= 15 is 0 Å². The second-order valence-corrected chi connectivity index (χ2v) is 8.42. The minimum atomic E-state index is -0.603. The van der Waals surface area contributed by atoms with Crippen LogP contribution in [0.5, 0.6) is 5.75 Å². The number of carbonyl (C=O) groups is 2. The van der Waals surface area contributed by atoms with Crippen molar-refractivity contribution in [1.82, 2.24) is 0 Å². The van der Waals surface area contributed by atoms with E-state index in [2.05, 4.69) is 5.32 Å². The van der Waals surface area contributed by atoms with Gasteiger partial charge in [-0.3, -0.25) is 4.79 Å². The van der Waals surface area contributed by atoms with Crippen LogP contribution in [-0.4, -0.2) is 25.1 Å². The molecule has 1 amide bonds. The minimum Gasteiger partial charge on any atom is -0.493 e. The molecule has 1 aromatic heterocycles. The number of esters is 1. The maximum atomic E-state index is 12.9. The molecular weight excluding hydrogens is 436 g/mol. The molecule has 0 aliphatic heterocycles. The summed E-state index contributed by atoms with van der Waals surface area (Å²) in [5.74, 6) is -0.534. The number of hydrogen-bond acceptors (Lipinski definition) is 6. The maximum Gasteiger partial charge on any atom is 0.341 e. The Hall–Kier alpha value is -2.82. The van der Waals surface area contributed by atoms with Crippen LogP contribution in [0.1, 0.15) is 53.1 Å². The fourth-order valence-electron chi connectivity index (χ4n) is 3.47. The van der Waals surface area contributed by atoms with Crippen LogP contribution in [0, 0.1) is 11.3 Å². The SMILES string of the molecule is CCOC(=O)c1c(NC(=O)C(C#N)=Cc2cc(Cl)ccc2OCC)sc2c1CCCC2. The van der Waals surface area contributed by atoms with Gasteiger partial charge in [0.25, 0.3) is 5.91 Å². The van der Waals surface area contributed by atoms with Crippen LogP contribution in [0.15, 0.2) is 23.8 Å². The summed E-state index contributed by atoms with van der Waals surface area (Å²) in [6.07, 6.45) is 5.10. The summed E-state index contributed by atoms with van der Waals surface area (Å²) in [4.78, 5) is 26.6. The van der Waals surface area contributed by atoms with Crippen molar-refractivity contribution in [2.75, 3.05) is 18.5 Å². The molecule has 1 heterocycles. The molecule has 162 valence electrons. The van der Waals surface area contributed by atoms with Gasteiger partial charge >= 0.3 is 5.97 Å². The van der Waals surface area contributed by atoms with E-state index in [0.29, 0.717) is 33.5 Å². The lowest BCUT2D eigenvalue weighted by molar-refractivity contribution is -0.112. The highest BCUT2D eigenvalue weighted by Crippen LogP contribution is 2.39. The Kier molecular flexibility index (Phi) is 7.72. The van der Waals surface area contributed by atoms with Gasteiger partial charge in [0.15, 0.2) is 0 Å². The highest BCUT2D eigenvalue weighted by atomic mass is 35.5. The number of ether oxygens (including phenoxy) is 2. The van der Waals surface area contributed by atoms with Crippen LogP contribution >= 0.6 is 22.9 Å². The molecule has 0 saturated carbocycles. The first kappa shape index (κ1) is 22.9. The monoisotopic (exact) mass is 458 g/mol. The van der Waals surface area contributed by atoms with Crippen LogP contribution < -0.4 is 10.1 Å². The molecule has 0 spiro atoms. The summed E-state index contributed by atoms with van der Waals surface area (Å²) in [5.41, 5.74) is 1.76. The van der Waals surface area contributed by atoms with Crippen molar-refractivity contribution >= 4 is 45.9 Å². The van der Waals surface area contributed by atoms with Crippen LogP contribution in [0.2, 0.25) is 5.02 Å². The number of fused-ring (bicyclic) bond motifs is 1. The van der Waals surface area contributed by atoms with Crippen molar-refractivity contribution in [3.63, 3.8) is 0 Å². The van der Waals surface area contributed by atoms with Crippen molar-refractivity contribution < 1.29 is 19.1 Å². The minimum absolute atomic E-state index is 0.121. The van der Waals surface area contributed by atoms with E-state index in [9.17, 15) is 14.9 Å². The second-order valence-electron chi connectivity index (χ2n) is 6.87. The topological polar surface area (TPSA) is 88.4 Å². The van der Waals surface area contributed by atoms with Gasteiger partial charge in [0.2, 0.25) is 0 Å². The zero-order valence-electron chi connectivity index (χ0n) is 17.4. The Balaban J connectivity index is 1.94. The molecule has 1 N–H and O–H groups in total. The fraction of sp³-hybridized carbons (Fsp3) is 0.348. The molecular formula is C23H23ClN2O4S. The lowest BCUT2D eigenvalue weighted by Crippen LogP contribution is -2.16. The number of nitrogens with one attached hydrogen (secondary N) is 1. The smallest absolute Gasteiger partial charge is 0.341 e. The molecule has 0 atom stereocenters. The van der Waals surface area contributed by atoms with Crippen molar-refractivity contribution in [2.24, 2.45) is 0 Å². The number of thiophene rings is 1. The van der Waals surface area contributed by atoms with Crippen LogP contribution in [0.25, 0.3) is 6.08 Å². The van der Waals surface area contributed by atoms with Crippen molar-refractivity contribution in [1.29, 1.82) is 5.26 Å². The predicted octanol–water partition coefficient (Wildman–Crippen LogP) is 5.40. The van der Waals surface area contributed by atoms with E-state index in [-0.39, 0.29) is 12.2 Å². The normalized spacial score (nSPS) is 13.2. The summed E-state index contributed by atoms with van der Waals surface area (Å²) < 4.78 is 10.8. The molecule has 0 saturated heterocycles. The van der Waals surface area contributed by atoms with Gasteiger partial charge in [-0.25, -0.2) is 4.79 Å². The number of aryl methyl sites for hydroxylation is 1. The number of benzene rings is 1. The van der Waals surface area contributed by atoms with Gasteiger partial charge in [0.05, 0.1) is 18.8 Å². The highest BCUT2D eigenvalue weighted by Gasteiger charge is 2.27. The van der Waals surface area contributed by atoms with E-state index in [1.165, 1.54) is 17.4 Å². The Morgan fingerprint density at radius 3 is 2.74 bits per heavy atom.